The van der Waals surface area contributed by atoms with E-state index in [9.17, 15) is 4.79 Å². The number of hydrogen-bond acceptors (Lipinski definition) is 6. The zero-order valence-electron chi connectivity index (χ0n) is 19.1. The fourth-order valence-corrected chi connectivity index (χ4v) is 5.40. The summed E-state index contributed by atoms with van der Waals surface area (Å²) in [6.07, 6.45) is 5.26. The number of rotatable bonds is 2. The molecule has 0 aliphatic carbocycles. The average molecular weight is 474 g/mol. The molecule has 2 aromatic carbocycles. The van der Waals surface area contributed by atoms with Gasteiger partial charge in [0.2, 0.25) is 0 Å². The molecule has 4 heterocycles. The molecule has 7 nitrogen and oxygen atoms in total. The van der Waals surface area contributed by atoms with Crippen LogP contribution in [0.1, 0.15) is 40.7 Å². The van der Waals surface area contributed by atoms with E-state index in [1.54, 1.807) is 6.33 Å². The predicted octanol–water partition coefficient (Wildman–Crippen LogP) is 5.09. The van der Waals surface area contributed by atoms with Crippen LogP contribution in [-0.4, -0.2) is 44.2 Å². The largest absolute Gasteiger partial charge is 0.486 e. The smallest absolute Gasteiger partial charge is 0.170 e. The van der Waals surface area contributed by atoms with Crippen molar-refractivity contribution in [1.82, 2.24) is 19.7 Å². The highest BCUT2D eigenvalue weighted by molar-refractivity contribution is 6.32. The summed E-state index contributed by atoms with van der Waals surface area (Å²) < 4.78 is 8.36. The van der Waals surface area contributed by atoms with E-state index < -0.39 is 5.60 Å². The number of fused-ring (bicyclic) bond motifs is 2. The Kier molecular flexibility index (Phi) is 4.85. The van der Waals surface area contributed by atoms with Gasteiger partial charge in [0.1, 0.15) is 23.5 Å². The van der Waals surface area contributed by atoms with Gasteiger partial charge in [-0.05, 0) is 43.2 Å². The summed E-state index contributed by atoms with van der Waals surface area (Å²) in [7, 11) is 0. The maximum atomic E-state index is 13.1. The molecule has 2 aliphatic heterocycles. The van der Waals surface area contributed by atoms with Gasteiger partial charge in [0.05, 0.1) is 29.3 Å². The first kappa shape index (κ1) is 21.1. The second-order valence-electron chi connectivity index (χ2n) is 9.20. The molecule has 34 heavy (non-hydrogen) atoms. The van der Waals surface area contributed by atoms with Gasteiger partial charge in [-0.1, -0.05) is 29.8 Å². The fourth-order valence-electron chi connectivity index (χ4n) is 5.25. The van der Waals surface area contributed by atoms with Crippen LogP contribution in [0.5, 0.6) is 5.75 Å². The number of piperidine rings is 1. The number of hydrogen-bond donors (Lipinski definition) is 0. The number of ketones is 1. The Hall–Kier alpha value is -3.45. The van der Waals surface area contributed by atoms with Gasteiger partial charge in [0.25, 0.3) is 0 Å². The van der Waals surface area contributed by atoms with Crippen LogP contribution in [0.25, 0.3) is 16.7 Å². The van der Waals surface area contributed by atoms with E-state index in [4.69, 9.17) is 16.3 Å². The topological polar surface area (TPSA) is 73.1 Å². The third kappa shape index (κ3) is 3.26. The first-order valence-electron chi connectivity index (χ1n) is 11.5. The number of Topliss-reactive ketones (excluding diaryl/α,β-unsaturated/α-hetero) is 1. The third-order valence-electron chi connectivity index (χ3n) is 7.05. The van der Waals surface area contributed by atoms with Gasteiger partial charge in [-0.3, -0.25) is 4.79 Å². The van der Waals surface area contributed by atoms with Crippen molar-refractivity contribution in [3.05, 3.63) is 70.6 Å². The van der Waals surface area contributed by atoms with Crippen molar-refractivity contribution in [2.24, 2.45) is 0 Å². The highest BCUT2D eigenvalue weighted by Crippen LogP contribution is 2.43. The summed E-state index contributed by atoms with van der Waals surface area (Å²) in [5, 5.41) is 6.13. The molecular formula is C26H24ClN5O2. The van der Waals surface area contributed by atoms with Gasteiger partial charge in [-0.2, -0.15) is 5.10 Å². The number of ether oxygens (including phenoxy) is 1. The van der Waals surface area contributed by atoms with Gasteiger partial charge < -0.3 is 9.64 Å². The number of nitrogens with zero attached hydrogens (tertiary/aromatic N) is 5. The van der Waals surface area contributed by atoms with Crippen LogP contribution < -0.4 is 9.64 Å². The molecule has 0 bridgehead atoms. The van der Waals surface area contributed by atoms with E-state index in [-0.39, 0.29) is 5.78 Å². The number of benzene rings is 2. The van der Waals surface area contributed by atoms with Crippen molar-refractivity contribution >= 4 is 34.2 Å². The zero-order valence-corrected chi connectivity index (χ0v) is 19.8. The standard InChI is InChI=1S/C26H24ClN5O2/c1-16-12-21-22(17(2)23(16)27)20(33)13-26(34-21)8-10-31(11-9-26)24-19-14-30-32(25(19)29-15-28-24)18-6-4-3-5-7-18/h3-7,12,14-15H,8-11,13H2,1-2H3. The summed E-state index contributed by atoms with van der Waals surface area (Å²) in [6, 6.07) is 11.9. The number of halogens is 1. The Bertz CT molecular complexity index is 1420. The number of aryl methyl sites for hydroxylation is 1. The van der Waals surface area contributed by atoms with E-state index in [0.717, 1.165) is 59.6 Å². The summed E-state index contributed by atoms with van der Waals surface area (Å²) >= 11 is 6.40. The van der Waals surface area contributed by atoms with Gasteiger partial charge in [0, 0.05) is 31.0 Å². The molecule has 1 fully saturated rings. The van der Waals surface area contributed by atoms with Crippen LogP contribution in [0.2, 0.25) is 5.02 Å². The second kappa shape index (κ2) is 7.81. The lowest BCUT2D eigenvalue weighted by atomic mass is 9.81. The maximum Gasteiger partial charge on any atom is 0.170 e. The molecule has 172 valence electrons. The molecule has 0 unspecified atom stereocenters. The Morgan fingerprint density at radius 2 is 1.85 bits per heavy atom. The highest BCUT2D eigenvalue weighted by Gasteiger charge is 2.44. The van der Waals surface area contributed by atoms with Gasteiger partial charge in [-0.25, -0.2) is 14.6 Å². The Balaban J connectivity index is 1.28. The normalized spacial score (nSPS) is 17.1. The minimum Gasteiger partial charge on any atom is -0.486 e. The molecule has 8 heteroatoms. The predicted molar refractivity (Wildman–Crippen MR) is 131 cm³/mol. The van der Waals surface area contributed by atoms with E-state index in [1.165, 1.54) is 0 Å². The molecule has 1 saturated heterocycles. The zero-order chi connectivity index (χ0) is 23.4. The quantitative estimate of drug-likeness (QED) is 0.403. The van der Waals surface area contributed by atoms with Crippen LogP contribution in [0.3, 0.4) is 0 Å². The van der Waals surface area contributed by atoms with Crippen LogP contribution in [0.4, 0.5) is 5.82 Å². The molecule has 4 aromatic rings. The molecule has 1 spiro atoms. The van der Waals surface area contributed by atoms with Crippen molar-refractivity contribution in [2.75, 3.05) is 18.0 Å². The molecule has 0 saturated carbocycles. The van der Waals surface area contributed by atoms with Crippen LogP contribution in [0, 0.1) is 13.8 Å². The van der Waals surface area contributed by atoms with Crippen molar-refractivity contribution < 1.29 is 9.53 Å². The number of anilines is 1. The lowest BCUT2D eigenvalue weighted by molar-refractivity contribution is 0.0230. The minimum atomic E-state index is -0.492. The van der Waals surface area contributed by atoms with Crippen LogP contribution in [0.15, 0.2) is 48.9 Å². The summed E-state index contributed by atoms with van der Waals surface area (Å²) in [4.78, 5) is 24.5. The maximum absolute atomic E-state index is 13.1. The van der Waals surface area contributed by atoms with Gasteiger partial charge in [0.15, 0.2) is 11.4 Å². The van der Waals surface area contributed by atoms with Crippen LogP contribution in [-0.2, 0) is 0 Å². The number of aromatic nitrogens is 4. The molecule has 0 N–H and O–H groups in total. The van der Waals surface area contributed by atoms with E-state index in [0.29, 0.717) is 22.8 Å². The van der Waals surface area contributed by atoms with E-state index in [1.807, 2.05) is 61.1 Å². The average Bonchev–Trinajstić information content (AvgIpc) is 3.28. The second-order valence-corrected chi connectivity index (χ2v) is 9.58. The summed E-state index contributed by atoms with van der Waals surface area (Å²) in [5.74, 6) is 1.64. The number of carbonyl (C=O) groups is 1. The monoisotopic (exact) mass is 473 g/mol. The van der Waals surface area contributed by atoms with Crippen molar-refractivity contribution in [1.29, 1.82) is 0 Å². The third-order valence-corrected chi connectivity index (χ3v) is 7.63. The highest BCUT2D eigenvalue weighted by atomic mass is 35.5. The molecule has 2 aromatic heterocycles. The first-order valence-corrected chi connectivity index (χ1v) is 11.8. The Morgan fingerprint density at radius 3 is 2.62 bits per heavy atom. The minimum absolute atomic E-state index is 0.114. The molecule has 0 radical (unpaired) electrons. The first-order chi connectivity index (χ1) is 16.5. The molecule has 6 rings (SSSR count). The molecular weight excluding hydrogens is 450 g/mol. The van der Waals surface area contributed by atoms with Crippen molar-refractivity contribution in [3.63, 3.8) is 0 Å². The fraction of sp³-hybridized carbons (Fsp3) is 0.308. The Morgan fingerprint density at radius 1 is 1.09 bits per heavy atom. The number of carbonyl (C=O) groups excluding carboxylic acids is 1. The molecule has 0 atom stereocenters. The molecule has 2 aliphatic rings. The van der Waals surface area contributed by atoms with Gasteiger partial charge in [-0.15, -0.1) is 0 Å². The number of para-hydroxylation sites is 1. The van der Waals surface area contributed by atoms with E-state index >= 15 is 0 Å². The van der Waals surface area contributed by atoms with Gasteiger partial charge >= 0.3 is 0 Å². The Labute approximate surface area is 202 Å². The van der Waals surface area contributed by atoms with Crippen molar-refractivity contribution in [3.8, 4) is 11.4 Å². The SMILES string of the molecule is Cc1cc2c(c(C)c1Cl)C(=O)CC1(CCN(c3ncnc4c3cnn4-c3ccccc3)CC1)O2. The molecule has 0 amide bonds. The van der Waals surface area contributed by atoms with E-state index in [2.05, 4.69) is 20.0 Å². The lowest BCUT2D eigenvalue weighted by Crippen LogP contribution is -2.51. The summed E-state index contributed by atoms with van der Waals surface area (Å²) in [6.45, 7) is 5.31. The summed E-state index contributed by atoms with van der Waals surface area (Å²) in [5.41, 5.74) is 3.62. The lowest BCUT2D eigenvalue weighted by Gasteiger charge is -2.44. The van der Waals surface area contributed by atoms with Crippen LogP contribution >= 0.6 is 11.6 Å². The van der Waals surface area contributed by atoms with Crippen molar-refractivity contribution in [2.45, 2.75) is 38.7 Å².